The van der Waals surface area contributed by atoms with E-state index in [0.29, 0.717) is 12.1 Å². The van der Waals surface area contributed by atoms with Gasteiger partial charge in [-0.15, -0.1) is 0 Å². The smallest absolute Gasteiger partial charge is 0.128 e. The molecule has 0 saturated heterocycles. The first kappa shape index (κ1) is 12.4. The molecule has 1 aromatic heterocycles. The Balaban J connectivity index is 2.04. The van der Waals surface area contributed by atoms with Gasteiger partial charge in [-0.25, -0.2) is 9.37 Å². The van der Waals surface area contributed by atoms with Crippen LogP contribution in [0.1, 0.15) is 35.8 Å². The molecule has 0 aliphatic heterocycles. The molecule has 0 saturated carbocycles. The molecule has 2 aromatic rings. The molecule has 0 amide bonds. The van der Waals surface area contributed by atoms with E-state index in [-0.39, 0.29) is 11.9 Å². The average molecular weight is 259 g/mol. The third-order valence-electron chi connectivity index (χ3n) is 3.88. The van der Waals surface area contributed by atoms with E-state index in [1.807, 2.05) is 18.5 Å². The molecule has 1 unspecified atom stereocenters. The molecule has 0 bridgehead atoms. The number of aryl methyl sites for hydroxylation is 1. The summed E-state index contributed by atoms with van der Waals surface area (Å²) in [4.78, 5) is 4.47. The quantitative estimate of drug-likeness (QED) is 0.920. The Bertz CT molecular complexity index is 577. The Morgan fingerprint density at radius 3 is 2.84 bits per heavy atom. The highest BCUT2D eigenvalue weighted by Crippen LogP contribution is 2.27. The Kier molecular flexibility index (Phi) is 3.34. The van der Waals surface area contributed by atoms with Crippen molar-refractivity contribution in [3.05, 3.63) is 53.4 Å². The van der Waals surface area contributed by atoms with Crippen molar-refractivity contribution in [2.45, 2.75) is 31.7 Å². The van der Waals surface area contributed by atoms with Crippen LogP contribution >= 0.6 is 0 Å². The van der Waals surface area contributed by atoms with Gasteiger partial charge in [0.1, 0.15) is 5.82 Å². The largest absolute Gasteiger partial charge is 0.328 e. The van der Waals surface area contributed by atoms with Gasteiger partial charge in [0, 0.05) is 17.8 Å². The maximum absolute atomic E-state index is 14.0. The molecule has 0 radical (unpaired) electrons. The van der Waals surface area contributed by atoms with Crippen molar-refractivity contribution in [3.63, 3.8) is 0 Å². The Labute approximate surface area is 112 Å². The Hall–Kier alpha value is -1.68. The summed E-state index contributed by atoms with van der Waals surface area (Å²) in [5, 5.41) is 0. The lowest BCUT2D eigenvalue weighted by Gasteiger charge is -2.22. The van der Waals surface area contributed by atoms with E-state index in [4.69, 9.17) is 5.73 Å². The third-order valence-corrected chi connectivity index (χ3v) is 3.88. The zero-order chi connectivity index (χ0) is 13.2. The summed E-state index contributed by atoms with van der Waals surface area (Å²) >= 11 is 0. The van der Waals surface area contributed by atoms with Gasteiger partial charge >= 0.3 is 0 Å². The molecule has 1 aromatic carbocycles. The highest BCUT2D eigenvalue weighted by molar-refractivity contribution is 5.26. The second-order valence-electron chi connectivity index (χ2n) is 5.03. The Morgan fingerprint density at radius 2 is 2.05 bits per heavy atom. The van der Waals surface area contributed by atoms with Crippen LogP contribution in [0.5, 0.6) is 0 Å². The molecule has 1 atom stereocenters. The van der Waals surface area contributed by atoms with Gasteiger partial charge in [0.25, 0.3) is 0 Å². The number of imidazole rings is 1. The lowest BCUT2D eigenvalue weighted by atomic mass is 9.99. The van der Waals surface area contributed by atoms with E-state index in [1.165, 1.54) is 24.6 Å². The second kappa shape index (κ2) is 5.13. The van der Waals surface area contributed by atoms with Gasteiger partial charge in [-0.1, -0.05) is 18.2 Å². The normalized spacial score (nSPS) is 16.1. The van der Waals surface area contributed by atoms with Crippen LogP contribution in [0, 0.1) is 5.82 Å². The van der Waals surface area contributed by atoms with Crippen LogP contribution in [0.2, 0.25) is 0 Å². The molecule has 19 heavy (non-hydrogen) atoms. The zero-order valence-corrected chi connectivity index (χ0v) is 10.8. The maximum Gasteiger partial charge on any atom is 0.128 e. The van der Waals surface area contributed by atoms with E-state index in [1.54, 1.807) is 6.07 Å². The fourth-order valence-electron chi connectivity index (χ4n) is 2.90. The van der Waals surface area contributed by atoms with Crippen LogP contribution in [0.25, 0.3) is 0 Å². The number of aromatic nitrogens is 2. The standard InChI is InChI=1S/C15H18FN3/c16-12-6-2-1-5-11(12)15(9-17)19-10-18-13-7-3-4-8-14(13)19/h1-2,5-6,10,15H,3-4,7-9,17H2. The number of nitrogens with zero attached hydrogens (tertiary/aromatic N) is 2. The minimum atomic E-state index is -0.198. The molecule has 0 fully saturated rings. The fraction of sp³-hybridized carbons (Fsp3) is 0.400. The Morgan fingerprint density at radius 1 is 1.26 bits per heavy atom. The molecule has 3 nitrogen and oxygen atoms in total. The topological polar surface area (TPSA) is 43.8 Å². The summed E-state index contributed by atoms with van der Waals surface area (Å²) in [6.45, 7) is 0.379. The molecule has 3 rings (SSSR count). The summed E-state index contributed by atoms with van der Waals surface area (Å²) < 4.78 is 16.0. The summed E-state index contributed by atoms with van der Waals surface area (Å²) in [7, 11) is 0. The third kappa shape index (κ3) is 2.16. The van der Waals surface area contributed by atoms with Crippen LogP contribution in [-0.4, -0.2) is 16.1 Å². The molecular weight excluding hydrogens is 241 g/mol. The number of benzene rings is 1. The van der Waals surface area contributed by atoms with Gasteiger partial charge in [0.15, 0.2) is 0 Å². The fourth-order valence-corrected chi connectivity index (χ4v) is 2.90. The maximum atomic E-state index is 14.0. The van der Waals surface area contributed by atoms with Crippen LogP contribution in [-0.2, 0) is 12.8 Å². The van der Waals surface area contributed by atoms with Crippen molar-refractivity contribution < 1.29 is 4.39 Å². The van der Waals surface area contributed by atoms with Crippen molar-refractivity contribution in [1.29, 1.82) is 0 Å². The number of halogens is 1. The number of rotatable bonds is 3. The van der Waals surface area contributed by atoms with E-state index >= 15 is 0 Å². The summed E-state index contributed by atoms with van der Waals surface area (Å²) in [6.07, 6.45) is 6.22. The average Bonchev–Trinajstić information content (AvgIpc) is 2.86. The summed E-state index contributed by atoms with van der Waals surface area (Å²) in [5.41, 5.74) is 8.91. The molecule has 4 heteroatoms. The van der Waals surface area contributed by atoms with E-state index in [0.717, 1.165) is 18.5 Å². The minimum absolute atomic E-state index is 0.157. The van der Waals surface area contributed by atoms with Crippen LogP contribution in [0.3, 0.4) is 0 Å². The number of nitrogens with two attached hydrogens (primary N) is 1. The molecule has 1 heterocycles. The predicted octanol–water partition coefficient (Wildman–Crippen LogP) is 2.45. The minimum Gasteiger partial charge on any atom is -0.328 e. The van der Waals surface area contributed by atoms with Crippen LogP contribution in [0.15, 0.2) is 30.6 Å². The first-order chi connectivity index (χ1) is 9.31. The van der Waals surface area contributed by atoms with Gasteiger partial charge in [0.05, 0.1) is 18.1 Å². The number of hydrogen-bond acceptors (Lipinski definition) is 2. The van der Waals surface area contributed by atoms with Crippen molar-refractivity contribution in [1.82, 2.24) is 9.55 Å². The lowest BCUT2D eigenvalue weighted by Crippen LogP contribution is -2.23. The molecule has 1 aliphatic carbocycles. The predicted molar refractivity (Wildman–Crippen MR) is 72.5 cm³/mol. The van der Waals surface area contributed by atoms with Gasteiger partial charge in [-0.05, 0) is 31.7 Å². The van der Waals surface area contributed by atoms with Crippen LogP contribution < -0.4 is 5.73 Å². The molecule has 2 N–H and O–H groups in total. The van der Waals surface area contributed by atoms with E-state index in [9.17, 15) is 4.39 Å². The van der Waals surface area contributed by atoms with Gasteiger partial charge in [-0.3, -0.25) is 0 Å². The highest BCUT2D eigenvalue weighted by Gasteiger charge is 2.22. The zero-order valence-electron chi connectivity index (χ0n) is 10.8. The van der Waals surface area contributed by atoms with Crippen LogP contribution in [0.4, 0.5) is 4.39 Å². The van der Waals surface area contributed by atoms with E-state index < -0.39 is 0 Å². The monoisotopic (exact) mass is 259 g/mol. The molecular formula is C15H18FN3. The first-order valence-electron chi connectivity index (χ1n) is 6.80. The number of hydrogen-bond donors (Lipinski definition) is 1. The van der Waals surface area contributed by atoms with E-state index in [2.05, 4.69) is 9.55 Å². The first-order valence-corrected chi connectivity index (χ1v) is 6.80. The lowest BCUT2D eigenvalue weighted by molar-refractivity contribution is 0.513. The summed E-state index contributed by atoms with van der Waals surface area (Å²) in [6, 6.07) is 6.69. The molecule has 1 aliphatic rings. The highest BCUT2D eigenvalue weighted by atomic mass is 19.1. The molecule has 100 valence electrons. The second-order valence-corrected chi connectivity index (χ2v) is 5.03. The van der Waals surface area contributed by atoms with Crippen molar-refractivity contribution >= 4 is 0 Å². The van der Waals surface area contributed by atoms with Crippen molar-refractivity contribution in [2.75, 3.05) is 6.54 Å². The van der Waals surface area contributed by atoms with Crippen molar-refractivity contribution in [3.8, 4) is 0 Å². The van der Waals surface area contributed by atoms with Gasteiger partial charge < -0.3 is 10.3 Å². The summed E-state index contributed by atoms with van der Waals surface area (Å²) in [5.74, 6) is -0.198. The number of fused-ring (bicyclic) bond motifs is 1. The molecule has 0 spiro atoms. The van der Waals surface area contributed by atoms with Gasteiger partial charge in [-0.2, -0.15) is 0 Å². The van der Waals surface area contributed by atoms with Crippen molar-refractivity contribution in [2.24, 2.45) is 5.73 Å². The van der Waals surface area contributed by atoms with Gasteiger partial charge in [0.2, 0.25) is 0 Å². The SMILES string of the molecule is NCC(c1ccccc1F)n1cnc2c1CCCC2.